The SMILES string of the molecule is CCCCc1ccc(-c2cccc3c2C([Si](C)(C)C2=C(c4ccccc4)Cc4cccc(-c5ccc(CCCC)cc5)c42)=C(c2ccccc2)C3)cc1. The predicted octanol–water partition coefficient (Wildman–Crippen LogP) is 14.1. The van der Waals surface area contributed by atoms with Gasteiger partial charge in [-0.25, -0.2) is 0 Å². The number of aryl methyl sites for hydroxylation is 2. The van der Waals surface area contributed by atoms with Crippen LogP contribution in [0, 0.1) is 0 Å². The van der Waals surface area contributed by atoms with Crippen LogP contribution in [0.15, 0.2) is 146 Å². The molecule has 0 amide bonds. The Morgan fingerprint density at radius 3 is 1.19 bits per heavy atom. The molecule has 8 rings (SSSR count). The van der Waals surface area contributed by atoms with Crippen molar-refractivity contribution in [2.24, 2.45) is 0 Å². The van der Waals surface area contributed by atoms with Crippen molar-refractivity contribution < 1.29 is 0 Å². The lowest BCUT2D eigenvalue weighted by atomic mass is 9.95. The summed E-state index contributed by atoms with van der Waals surface area (Å²) in [7, 11) is -2.46. The van der Waals surface area contributed by atoms with Gasteiger partial charge in [0.2, 0.25) is 0 Å². The van der Waals surface area contributed by atoms with Gasteiger partial charge < -0.3 is 0 Å². The zero-order valence-corrected chi connectivity index (χ0v) is 33.0. The summed E-state index contributed by atoms with van der Waals surface area (Å²) in [5.41, 5.74) is 19.9. The van der Waals surface area contributed by atoms with Crippen molar-refractivity contribution in [3.8, 4) is 22.3 Å². The molecular weight excluding hydrogens is 653 g/mol. The molecule has 0 aliphatic heterocycles. The molecule has 2 aliphatic rings. The monoisotopic (exact) mass is 704 g/mol. The number of unbranched alkanes of at least 4 members (excludes halogenated alkanes) is 2. The fourth-order valence-electron chi connectivity index (χ4n) is 9.17. The number of hydrogen-bond acceptors (Lipinski definition) is 0. The Hall–Kier alpha value is -4.98. The first-order chi connectivity index (χ1) is 26.0. The highest BCUT2D eigenvalue weighted by Gasteiger charge is 2.44. The summed E-state index contributed by atoms with van der Waals surface area (Å²) < 4.78 is 0. The molecule has 0 heterocycles. The minimum Gasteiger partial charge on any atom is -0.0654 e. The van der Waals surface area contributed by atoms with Gasteiger partial charge in [0.1, 0.15) is 8.07 Å². The summed E-state index contributed by atoms with van der Waals surface area (Å²) in [5.74, 6) is 0. The molecule has 53 heavy (non-hydrogen) atoms. The lowest BCUT2D eigenvalue weighted by Crippen LogP contribution is -2.31. The van der Waals surface area contributed by atoms with Crippen LogP contribution in [0.25, 0.3) is 43.8 Å². The molecule has 0 saturated carbocycles. The molecule has 6 aromatic carbocycles. The average molecular weight is 705 g/mol. The number of hydrogen-bond donors (Lipinski definition) is 0. The van der Waals surface area contributed by atoms with Crippen molar-refractivity contribution in [1.29, 1.82) is 0 Å². The van der Waals surface area contributed by atoms with Crippen LogP contribution in [0.1, 0.15) is 84.0 Å². The minimum atomic E-state index is -2.46. The fourth-order valence-corrected chi connectivity index (χ4v) is 13.2. The van der Waals surface area contributed by atoms with E-state index in [0.717, 1.165) is 25.7 Å². The Kier molecular flexibility index (Phi) is 10.0. The van der Waals surface area contributed by atoms with Gasteiger partial charge in [0, 0.05) is 0 Å². The first-order valence-corrected chi connectivity index (χ1v) is 23.0. The molecule has 0 radical (unpaired) electrons. The van der Waals surface area contributed by atoms with Gasteiger partial charge in [0.05, 0.1) is 0 Å². The van der Waals surface area contributed by atoms with Gasteiger partial charge in [-0.3, -0.25) is 0 Å². The Balaban J connectivity index is 1.36. The van der Waals surface area contributed by atoms with E-state index in [1.54, 1.807) is 10.4 Å². The van der Waals surface area contributed by atoms with Crippen molar-refractivity contribution in [1.82, 2.24) is 0 Å². The highest BCUT2D eigenvalue weighted by Crippen LogP contribution is 2.55. The first-order valence-electron chi connectivity index (χ1n) is 20.0. The molecule has 264 valence electrons. The lowest BCUT2D eigenvalue weighted by Gasteiger charge is -2.33. The van der Waals surface area contributed by atoms with Gasteiger partial charge in [0.25, 0.3) is 0 Å². The number of allylic oxidation sites excluding steroid dienone is 2. The third-order valence-electron chi connectivity index (χ3n) is 11.8. The summed E-state index contributed by atoms with van der Waals surface area (Å²) >= 11 is 0. The van der Waals surface area contributed by atoms with E-state index in [9.17, 15) is 0 Å². The normalized spacial score (nSPS) is 13.8. The Morgan fingerprint density at radius 1 is 0.415 bits per heavy atom. The van der Waals surface area contributed by atoms with Crippen LogP contribution in [-0.2, 0) is 25.7 Å². The van der Waals surface area contributed by atoms with E-state index >= 15 is 0 Å². The number of rotatable bonds is 12. The van der Waals surface area contributed by atoms with E-state index in [4.69, 9.17) is 0 Å². The maximum absolute atomic E-state index is 2.66. The summed E-state index contributed by atoms with van der Waals surface area (Å²) in [4.78, 5) is 0. The van der Waals surface area contributed by atoms with Crippen LogP contribution < -0.4 is 0 Å². The van der Waals surface area contributed by atoms with Crippen molar-refractivity contribution in [2.75, 3.05) is 0 Å². The summed E-state index contributed by atoms with van der Waals surface area (Å²) in [6, 6.07) is 55.7. The maximum Gasteiger partial charge on any atom is 0.114 e. The molecule has 6 aromatic rings. The molecule has 0 atom stereocenters. The van der Waals surface area contributed by atoms with Crippen molar-refractivity contribution in [3.05, 3.63) is 190 Å². The highest BCUT2D eigenvalue weighted by molar-refractivity contribution is 7.10. The van der Waals surface area contributed by atoms with Crippen LogP contribution in [0.5, 0.6) is 0 Å². The molecule has 0 nitrogen and oxygen atoms in total. The van der Waals surface area contributed by atoms with E-state index in [0.29, 0.717) is 0 Å². The van der Waals surface area contributed by atoms with Gasteiger partial charge >= 0.3 is 0 Å². The number of fused-ring (bicyclic) bond motifs is 2. The van der Waals surface area contributed by atoms with Crippen LogP contribution >= 0.6 is 0 Å². The van der Waals surface area contributed by atoms with Crippen LogP contribution in [0.4, 0.5) is 0 Å². The molecule has 0 aromatic heterocycles. The second kappa shape index (κ2) is 15.2. The summed E-state index contributed by atoms with van der Waals surface area (Å²) in [6.45, 7) is 9.87. The van der Waals surface area contributed by atoms with E-state index in [2.05, 4.69) is 173 Å². The molecule has 0 fully saturated rings. The highest BCUT2D eigenvalue weighted by atomic mass is 28.3. The van der Waals surface area contributed by atoms with Gasteiger partial charge in [-0.05, 0) is 127 Å². The van der Waals surface area contributed by atoms with Crippen LogP contribution in [0.3, 0.4) is 0 Å². The molecule has 2 aliphatic carbocycles. The second-order valence-corrected chi connectivity index (χ2v) is 19.9. The third kappa shape index (κ3) is 6.73. The molecular formula is C52H52Si. The Labute approximate surface area is 319 Å². The van der Waals surface area contributed by atoms with Crippen molar-refractivity contribution >= 4 is 29.6 Å². The van der Waals surface area contributed by atoms with E-state index < -0.39 is 8.07 Å². The first kappa shape index (κ1) is 35.1. The second-order valence-electron chi connectivity index (χ2n) is 15.7. The van der Waals surface area contributed by atoms with E-state index in [1.807, 2.05) is 0 Å². The molecule has 0 N–H and O–H groups in total. The van der Waals surface area contributed by atoms with Crippen molar-refractivity contribution in [2.45, 2.75) is 78.3 Å². The van der Waals surface area contributed by atoms with Gasteiger partial charge in [-0.1, -0.05) is 185 Å². The zero-order chi connectivity index (χ0) is 36.4. The van der Waals surface area contributed by atoms with Gasteiger partial charge in [-0.2, -0.15) is 0 Å². The van der Waals surface area contributed by atoms with E-state index in [1.165, 1.54) is 104 Å². The molecule has 0 unspecified atom stereocenters. The standard InChI is InChI=1S/C52H52Si/c1-5-7-17-37-27-31-41(32-28-37)45-25-15-23-43-35-47(39-19-11-9-12-20-39)51(49(43)45)53(3,4)52-48(40-21-13-10-14-22-40)36-44-24-16-26-46(50(44)52)42-33-29-38(30-34-42)18-8-6-2/h9-16,19-34H,5-8,17-18,35-36H2,1-4H3. The zero-order valence-electron chi connectivity index (χ0n) is 32.0. The van der Waals surface area contributed by atoms with Crippen molar-refractivity contribution in [3.63, 3.8) is 0 Å². The van der Waals surface area contributed by atoms with Crippen LogP contribution in [0.2, 0.25) is 13.1 Å². The summed E-state index contributed by atoms with van der Waals surface area (Å²) in [6.07, 6.45) is 9.14. The van der Waals surface area contributed by atoms with E-state index in [-0.39, 0.29) is 0 Å². The van der Waals surface area contributed by atoms with Gasteiger partial charge in [0.15, 0.2) is 0 Å². The lowest BCUT2D eigenvalue weighted by molar-refractivity contribution is 0.795. The molecule has 1 heteroatoms. The topological polar surface area (TPSA) is 0 Å². The smallest absolute Gasteiger partial charge is 0.0654 e. The molecule has 0 saturated heterocycles. The minimum absolute atomic E-state index is 0.967. The molecule has 0 bridgehead atoms. The van der Waals surface area contributed by atoms with Crippen LogP contribution in [-0.4, -0.2) is 8.07 Å². The quantitative estimate of drug-likeness (QED) is 0.111. The number of benzene rings is 6. The Morgan fingerprint density at radius 2 is 0.811 bits per heavy atom. The largest absolute Gasteiger partial charge is 0.114 e. The fraction of sp³-hybridized carbons (Fsp3) is 0.231. The summed E-state index contributed by atoms with van der Waals surface area (Å²) in [5, 5.41) is 3.20. The maximum atomic E-state index is 2.66. The average Bonchev–Trinajstić information content (AvgIpc) is 3.81. The van der Waals surface area contributed by atoms with Gasteiger partial charge in [-0.15, -0.1) is 0 Å². The third-order valence-corrected chi connectivity index (χ3v) is 15.4. The molecule has 0 spiro atoms. The Bertz CT molecular complexity index is 2120. The predicted molar refractivity (Wildman–Crippen MR) is 232 cm³/mol.